The number of thioether (sulfide) groups is 1. The lowest BCUT2D eigenvalue weighted by Crippen LogP contribution is -2.28. The Morgan fingerprint density at radius 3 is 2.60 bits per heavy atom. The minimum Gasteiger partial charge on any atom is -0.349 e. The number of rotatable bonds is 6. The number of carbonyl (C=O) groups is 1. The molecule has 1 aromatic heterocycles. The predicted molar refractivity (Wildman–Crippen MR) is 122 cm³/mol. The number of hydrogen-bond acceptors (Lipinski definition) is 4. The zero-order valence-corrected chi connectivity index (χ0v) is 18.6. The van der Waals surface area contributed by atoms with Gasteiger partial charge < -0.3 is 9.88 Å². The van der Waals surface area contributed by atoms with E-state index in [1.165, 1.54) is 53.3 Å². The highest BCUT2D eigenvalue weighted by atomic mass is 32.2. The third-order valence-corrected chi connectivity index (χ3v) is 6.75. The third kappa shape index (κ3) is 4.59. The van der Waals surface area contributed by atoms with Gasteiger partial charge in [0, 0.05) is 12.6 Å². The van der Waals surface area contributed by atoms with Gasteiger partial charge in [-0.25, -0.2) is 0 Å². The number of nitrogens with one attached hydrogen (secondary N) is 1. The molecule has 0 aliphatic heterocycles. The van der Waals surface area contributed by atoms with Gasteiger partial charge in [0.05, 0.1) is 11.8 Å². The van der Waals surface area contributed by atoms with Crippen molar-refractivity contribution in [2.24, 2.45) is 7.05 Å². The predicted octanol–water partition coefficient (Wildman–Crippen LogP) is 4.64. The molecule has 0 fully saturated rings. The molecule has 0 saturated carbocycles. The van der Waals surface area contributed by atoms with Gasteiger partial charge in [0.25, 0.3) is 0 Å². The van der Waals surface area contributed by atoms with Crippen LogP contribution in [0, 0.1) is 6.92 Å². The molecule has 1 amide bonds. The first-order valence-electron chi connectivity index (χ1n) is 10.5. The fraction of sp³-hybridized carbons (Fsp3) is 0.375. The second-order valence-electron chi connectivity index (χ2n) is 8.04. The van der Waals surface area contributed by atoms with Crippen LogP contribution in [0.5, 0.6) is 0 Å². The molecule has 2 aromatic carbocycles. The normalized spacial score (nSPS) is 14.2. The second-order valence-corrected chi connectivity index (χ2v) is 8.99. The minimum atomic E-state index is -0.00653. The van der Waals surface area contributed by atoms with Crippen LogP contribution in [-0.4, -0.2) is 26.4 Å². The Balaban J connectivity index is 1.35. The molecule has 0 bridgehead atoms. The van der Waals surface area contributed by atoms with Crippen molar-refractivity contribution in [3.8, 4) is 11.4 Å². The van der Waals surface area contributed by atoms with Crippen molar-refractivity contribution in [2.75, 3.05) is 5.75 Å². The first-order valence-corrected chi connectivity index (χ1v) is 11.5. The summed E-state index contributed by atoms with van der Waals surface area (Å²) in [7, 11) is 1.94. The monoisotopic (exact) mass is 420 g/mol. The van der Waals surface area contributed by atoms with Crippen molar-refractivity contribution < 1.29 is 4.79 Å². The summed E-state index contributed by atoms with van der Waals surface area (Å²) < 4.78 is 1.94. The highest BCUT2D eigenvalue weighted by Crippen LogP contribution is 2.26. The maximum Gasteiger partial charge on any atom is 0.230 e. The van der Waals surface area contributed by atoms with E-state index in [2.05, 4.69) is 52.8 Å². The summed E-state index contributed by atoms with van der Waals surface area (Å²) in [5, 5.41) is 12.4. The van der Waals surface area contributed by atoms with Crippen molar-refractivity contribution in [3.63, 3.8) is 0 Å². The highest BCUT2D eigenvalue weighted by molar-refractivity contribution is 7.99. The van der Waals surface area contributed by atoms with E-state index in [0.29, 0.717) is 5.75 Å². The zero-order chi connectivity index (χ0) is 21.1. The number of aryl methyl sites for hydroxylation is 3. The Kier molecular flexibility index (Phi) is 6.23. The van der Waals surface area contributed by atoms with E-state index >= 15 is 0 Å². The molecule has 0 saturated heterocycles. The topological polar surface area (TPSA) is 59.8 Å². The number of carbonyl (C=O) groups excluding carboxylic acids is 1. The van der Waals surface area contributed by atoms with Gasteiger partial charge in [-0.3, -0.25) is 4.79 Å². The summed E-state index contributed by atoms with van der Waals surface area (Å²) in [6.07, 6.45) is 4.87. The van der Waals surface area contributed by atoms with Crippen LogP contribution in [-0.2, 0) is 24.7 Å². The molecule has 30 heavy (non-hydrogen) atoms. The molecule has 1 heterocycles. The van der Waals surface area contributed by atoms with E-state index in [-0.39, 0.29) is 11.9 Å². The average molecular weight is 421 g/mol. The Hall–Kier alpha value is -2.60. The van der Waals surface area contributed by atoms with Gasteiger partial charge >= 0.3 is 0 Å². The van der Waals surface area contributed by atoms with Gasteiger partial charge in [0.2, 0.25) is 5.91 Å². The molecule has 3 aromatic rings. The van der Waals surface area contributed by atoms with Crippen LogP contribution in [0.3, 0.4) is 0 Å². The first-order chi connectivity index (χ1) is 14.5. The van der Waals surface area contributed by atoms with Crippen LogP contribution >= 0.6 is 11.8 Å². The van der Waals surface area contributed by atoms with Crippen molar-refractivity contribution in [1.82, 2.24) is 20.1 Å². The molecule has 1 aliphatic rings. The van der Waals surface area contributed by atoms with Crippen molar-refractivity contribution >= 4 is 17.7 Å². The van der Waals surface area contributed by atoms with Crippen LogP contribution in [0.1, 0.15) is 48.1 Å². The second kappa shape index (κ2) is 9.04. The molecule has 6 heteroatoms. The van der Waals surface area contributed by atoms with Gasteiger partial charge in [-0.1, -0.05) is 59.8 Å². The van der Waals surface area contributed by atoms with E-state index in [0.717, 1.165) is 23.0 Å². The number of hydrogen-bond donors (Lipinski definition) is 1. The molecule has 1 atom stereocenters. The maximum atomic E-state index is 12.5. The molecular weight excluding hydrogens is 392 g/mol. The van der Waals surface area contributed by atoms with Crippen LogP contribution in [0.25, 0.3) is 11.4 Å². The highest BCUT2D eigenvalue weighted by Gasteiger charge is 2.16. The Labute approximate surface area is 182 Å². The number of aromatic nitrogens is 3. The number of amides is 1. The summed E-state index contributed by atoms with van der Waals surface area (Å²) in [5.41, 5.74) is 6.31. The number of nitrogens with zero attached hydrogens (tertiary/aromatic N) is 3. The van der Waals surface area contributed by atoms with Gasteiger partial charge in [-0.15, -0.1) is 10.2 Å². The molecule has 0 radical (unpaired) electrons. The lowest BCUT2D eigenvalue weighted by atomic mass is 9.89. The number of fused-ring (bicyclic) bond motifs is 1. The fourth-order valence-electron chi connectivity index (χ4n) is 3.91. The Morgan fingerprint density at radius 1 is 1.10 bits per heavy atom. The Bertz CT molecular complexity index is 1040. The fourth-order valence-corrected chi connectivity index (χ4v) is 4.64. The van der Waals surface area contributed by atoms with Crippen LogP contribution in [0.15, 0.2) is 47.6 Å². The summed E-state index contributed by atoms with van der Waals surface area (Å²) >= 11 is 1.41. The molecule has 156 valence electrons. The summed E-state index contributed by atoms with van der Waals surface area (Å²) in [5.74, 6) is 1.13. The van der Waals surface area contributed by atoms with Gasteiger partial charge in [-0.05, 0) is 56.2 Å². The maximum absolute atomic E-state index is 12.5. The van der Waals surface area contributed by atoms with Crippen LogP contribution < -0.4 is 5.32 Å². The van der Waals surface area contributed by atoms with Crippen molar-refractivity contribution in [3.05, 3.63) is 64.7 Å². The third-order valence-electron chi connectivity index (χ3n) is 5.73. The average Bonchev–Trinajstić information content (AvgIpc) is 3.12. The summed E-state index contributed by atoms with van der Waals surface area (Å²) in [6, 6.07) is 14.9. The van der Waals surface area contributed by atoms with E-state index in [9.17, 15) is 4.79 Å². The quantitative estimate of drug-likeness (QED) is 0.590. The zero-order valence-electron chi connectivity index (χ0n) is 17.8. The van der Waals surface area contributed by atoms with E-state index < -0.39 is 0 Å². The molecule has 1 unspecified atom stereocenters. The van der Waals surface area contributed by atoms with E-state index in [1.807, 2.05) is 30.7 Å². The van der Waals surface area contributed by atoms with Gasteiger partial charge in [0.15, 0.2) is 11.0 Å². The molecule has 5 nitrogen and oxygen atoms in total. The summed E-state index contributed by atoms with van der Waals surface area (Å²) in [6.45, 7) is 4.11. The first kappa shape index (κ1) is 20.7. The lowest BCUT2D eigenvalue weighted by molar-refractivity contribution is -0.119. The molecular formula is C24H28N4OS. The van der Waals surface area contributed by atoms with Gasteiger partial charge in [0.1, 0.15) is 0 Å². The van der Waals surface area contributed by atoms with Gasteiger partial charge in [-0.2, -0.15) is 0 Å². The summed E-state index contributed by atoms with van der Waals surface area (Å²) in [4.78, 5) is 12.5. The molecule has 0 spiro atoms. The van der Waals surface area contributed by atoms with E-state index in [1.54, 1.807) is 0 Å². The van der Waals surface area contributed by atoms with Crippen LogP contribution in [0.2, 0.25) is 0 Å². The SMILES string of the molecule is Cc1ccc(-c2nnc(SCC(=O)NC(C)c3ccc4c(c3)CCCC4)n2C)cc1. The molecule has 1 N–H and O–H groups in total. The standard InChI is InChI=1S/C24H28N4OS/c1-16-8-10-19(11-9-16)23-26-27-24(28(23)3)30-15-22(29)25-17(2)20-13-12-18-6-4-5-7-21(18)14-20/h8-14,17H,4-7,15H2,1-3H3,(H,25,29). The van der Waals surface area contributed by atoms with E-state index in [4.69, 9.17) is 0 Å². The van der Waals surface area contributed by atoms with Crippen molar-refractivity contribution in [1.29, 1.82) is 0 Å². The smallest absolute Gasteiger partial charge is 0.230 e. The lowest BCUT2D eigenvalue weighted by Gasteiger charge is -2.20. The Morgan fingerprint density at radius 2 is 1.83 bits per heavy atom. The van der Waals surface area contributed by atoms with Crippen LogP contribution in [0.4, 0.5) is 0 Å². The van der Waals surface area contributed by atoms with Crippen molar-refractivity contribution in [2.45, 2.75) is 50.7 Å². The number of benzene rings is 2. The minimum absolute atomic E-state index is 0.00473. The molecule has 1 aliphatic carbocycles. The largest absolute Gasteiger partial charge is 0.349 e. The molecule has 4 rings (SSSR count).